The van der Waals surface area contributed by atoms with Gasteiger partial charge in [0, 0.05) is 12.8 Å². The molecule has 0 aromatic heterocycles. The van der Waals surface area contributed by atoms with Crippen molar-refractivity contribution in [1.82, 2.24) is 5.32 Å². The van der Waals surface area contributed by atoms with Gasteiger partial charge in [0.15, 0.2) is 0 Å². The van der Waals surface area contributed by atoms with Crippen LogP contribution < -0.4 is 5.32 Å². The van der Waals surface area contributed by atoms with E-state index in [9.17, 15) is 19.8 Å². The Labute approximate surface area is 575 Å². The minimum absolute atomic E-state index is 0.00957. The highest BCUT2D eigenvalue weighted by Crippen LogP contribution is 2.19. The van der Waals surface area contributed by atoms with Gasteiger partial charge in [0.25, 0.3) is 0 Å². The van der Waals surface area contributed by atoms with Crippen LogP contribution in [0.3, 0.4) is 0 Å². The largest absolute Gasteiger partial charge is 0.466 e. The average molecular weight is 1290 g/mol. The quantitative estimate of drug-likeness (QED) is 0.0320. The molecule has 0 aromatic carbocycles. The molecule has 3 N–H and O–H groups in total. The first-order chi connectivity index (χ1) is 45.5. The molecule has 0 spiro atoms. The summed E-state index contributed by atoms with van der Waals surface area (Å²) in [5, 5.41) is 23.3. The highest BCUT2D eigenvalue weighted by atomic mass is 16.5. The Morgan fingerprint density at radius 3 is 0.837 bits per heavy atom. The SMILES string of the molecule is CCCCCC/C=C\C/C=C\CCCCCCCCCC(=O)OCCCCCCCCCCCCC/C=C\C/C=C\CCCCCCCCCCCCCCCCCCCC(=O)NC(CO)C(O)/C=C/CCCCCCCCCCCCCCCCCCCCCC. The van der Waals surface area contributed by atoms with Gasteiger partial charge in [0.05, 0.1) is 25.4 Å². The first kappa shape index (κ1) is 89.6. The van der Waals surface area contributed by atoms with Crippen LogP contribution in [-0.2, 0) is 14.3 Å². The van der Waals surface area contributed by atoms with Gasteiger partial charge >= 0.3 is 5.97 Å². The molecule has 0 bridgehead atoms. The third-order valence-electron chi connectivity index (χ3n) is 19.3. The second-order valence-electron chi connectivity index (χ2n) is 28.4. The maximum Gasteiger partial charge on any atom is 0.305 e. The van der Waals surface area contributed by atoms with Crippen molar-refractivity contribution in [2.24, 2.45) is 0 Å². The summed E-state index contributed by atoms with van der Waals surface area (Å²) in [6.07, 6.45) is 109. The average Bonchev–Trinajstić information content (AvgIpc) is 3.77. The van der Waals surface area contributed by atoms with Gasteiger partial charge < -0.3 is 20.3 Å². The summed E-state index contributed by atoms with van der Waals surface area (Å²) < 4.78 is 5.51. The summed E-state index contributed by atoms with van der Waals surface area (Å²) in [5.41, 5.74) is 0. The Kier molecular flexibility index (Phi) is 78.8. The lowest BCUT2D eigenvalue weighted by Gasteiger charge is -2.20. The van der Waals surface area contributed by atoms with Gasteiger partial charge in [-0.1, -0.05) is 402 Å². The van der Waals surface area contributed by atoms with E-state index < -0.39 is 12.1 Å². The molecule has 0 radical (unpaired) electrons. The Bertz CT molecular complexity index is 1580. The van der Waals surface area contributed by atoms with Crippen molar-refractivity contribution in [2.45, 2.75) is 463 Å². The molecule has 92 heavy (non-hydrogen) atoms. The number of nitrogens with one attached hydrogen (secondary N) is 1. The lowest BCUT2D eigenvalue weighted by atomic mass is 10.0. The fraction of sp³-hybridized carbons (Fsp3) is 0.860. The van der Waals surface area contributed by atoms with E-state index in [2.05, 4.69) is 67.8 Å². The Balaban J connectivity index is 3.39. The molecule has 0 aliphatic heterocycles. The van der Waals surface area contributed by atoms with Crippen LogP contribution in [0.25, 0.3) is 0 Å². The number of ether oxygens (including phenoxy) is 1. The number of unbranched alkanes of at least 4 members (excludes halogenated alkanes) is 59. The number of hydrogen-bond donors (Lipinski definition) is 3. The molecule has 0 aliphatic rings. The highest BCUT2D eigenvalue weighted by Gasteiger charge is 2.18. The molecule has 0 saturated heterocycles. The maximum absolute atomic E-state index is 12.6. The molecule has 0 fully saturated rings. The summed E-state index contributed by atoms with van der Waals surface area (Å²) >= 11 is 0. The summed E-state index contributed by atoms with van der Waals surface area (Å²) in [6.45, 7) is 4.93. The lowest BCUT2D eigenvalue weighted by molar-refractivity contribution is -0.143. The number of hydrogen-bond acceptors (Lipinski definition) is 5. The predicted molar refractivity (Wildman–Crippen MR) is 407 cm³/mol. The maximum atomic E-state index is 12.6. The zero-order valence-corrected chi connectivity index (χ0v) is 62.0. The summed E-state index contributed by atoms with van der Waals surface area (Å²) in [7, 11) is 0. The van der Waals surface area contributed by atoms with Crippen molar-refractivity contribution < 1.29 is 24.5 Å². The number of amides is 1. The van der Waals surface area contributed by atoms with Gasteiger partial charge in [-0.05, 0) is 96.3 Å². The van der Waals surface area contributed by atoms with E-state index in [0.29, 0.717) is 19.4 Å². The number of rotatable bonds is 78. The van der Waals surface area contributed by atoms with Gasteiger partial charge in [0.2, 0.25) is 5.91 Å². The van der Waals surface area contributed by atoms with Gasteiger partial charge in [-0.3, -0.25) is 9.59 Å². The van der Waals surface area contributed by atoms with E-state index in [4.69, 9.17) is 4.74 Å². The van der Waals surface area contributed by atoms with Gasteiger partial charge in [-0.25, -0.2) is 0 Å². The highest BCUT2D eigenvalue weighted by molar-refractivity contribution is 5.76. The minimum Gasteiger partial charge on any atom is -0.466 e. The van der Waals surface area contributed by atoms with Crippen LogP contribution >= 0.6 is 0 Å². The predicted octanol–water partition coefficient (Wildman–Crippen LogP) is 27.7. The van der Waals surface area contributed by atoms with Gasteiger partial charge in [0.1, 0.15) is 0 Å². The Morgan fingerprint density at radius 2 is 0.543 bits per heavy atom. The van der Waals surface area contributed by atoms with Crippen LogP contribution in [0.2, 0.25) is 0 Å². The molecule has 0 aromatic rings. The molecule has 6 nitrogen and oxygen atoms in total. The molecule has 6 heteroatoms. The lowest BCUT2D eigenvalue weighted by Crippen LogP contribution is -2.45. The summed E-state index contributed by atoms with van der Waals surface area (Å²) in [4.78, 5) is 24.7. The van der Waals surface area contributed by atoms with E-state index in [0.717, 1.165) is 57.8 Å². The smallest absolute Gasteiger partial charge is 0.305 e. The van der Waals surface area contributed by atoms with E-state index in [1.54, 1.807) is 6.08 Å². The fourth-order valence-electron chi connectivity index (χ4n) is 12.9. The monoisotopic (exact) mass is 1290 g/mol. The molecular weight excluding hydrogens is 1130 g/mol. The number of aliphatic hydroxyl groups excluding tert-OH is 2. The zero-order valence-electron chi connectivity index (χ0n) is 62.0. The van der Waals surface area contributed by atoms with Crippen molar-refractivity contribution in [1.29, 1.82) is 0 Å². The molecule has 0 rings (SSSR count). The molecule has 0 heterocycles. The van der Waals surface area contributed by atoms with Crippen LogP contribution in [-0.4, -0.2) is 47.4 Å². The van der Waals surface area contributed by atoms with E-state index in [1.165, 1.54) is 366 Å². The van der Waals surface area contributed by atoms with E-state index >= 15 is 0 Å². The van der Waals surface area contributed by atoms with Crippen LogP contribution in [0.4, 0.5) is 0 Å². The number of carbonyl (C=O) groups excluding carboxylic acids is 2. The summed E-state index contributed by atoms with van der Waals surface area (Å²) in [5.74, 6) is -0.0519. The standard InChI is InChI=1S/C86H161NO5/c1-3-5-7-9-11-13-15-17-19-21-23-24-40-43-46-50-54-58-62-66-70-74-78-84(89)83(82-88)87-85(90)79-75-71-67-63-59-55-51-47-44-41-38-36-34-32-30-28-26-25-27-29-31-33-35-37-39-42-45-49-53-57-61-65-69-73-77-81-92-86(91)80-76-72-68-64-60-56-52-48-22-20-18-16-14-12-10-8-6-4-2/h14,16,20,22,27,29,33,35,74,78,83-84,88-89H,3-13,15,17-19,21,23-26,28,30-32,34,36-73,75-77,79-82H2,1-2H3,(H,87,90)/b16-14-,22-20-,29-27-,35-33-,78-74+. The topological polar surface area (TPSA) is 95.9 Å². The van der Waals surface area contributed by atoms with Crippen LogP contribution in [0.1, 0.15) is 450 Å². The van der Waals surface area contributed by atoms with Crippen LogP contribution in [0.5, 0.6) is 0 Å². The number of esters is 1. The number of aliphatic hydroxyl groups is 2. The molecule has 540 valence electrons. The zero-order chi connectivity index (χ0) is 66.3. The Hall–Kier alpha value is -2.44. The van der Waals surface area contributed by atoms with Crippen LogP contribution in [0.15, 0.2) is 60.8 Å². The van der Waals surface area contributed by atoms with Crippen molar-refractivity contribution >= 4 is 11.9 Å². The molecule has 1 amide bonds. The number of carbonyl (C=O) groups is 2. The first-order valence-electron chi connectivity index (χ1n) is 41.6. The molecule has 0 aliphatic carbocycles. The van der Waals surface area contributed by atoms with Crippen molar-refractivity contribution in [2.75, 3.05) is 13.2 Å². The second-order valence-corrected chi connectivity index (χ2v) is 28.4. The Morgan fingerprint density at radius 1 is 0.304 bits per heavy atom. The third kappa shape index (κ3) is 76.6. The van der Waals surface area contributed by atoms with Gasteiger partial charge in [-0.2, -0.15) is 0 Å². The van der Waals surface area contributed by atoms with Crippen molar-refractivity contribution in [3.8, 4) is 0 Å². The van der Waals surface area contributed by atoms with Crippen molar-refractivity contribution in [3.63, 3.8) is 0 Å². The fourth-order valence-corrected chi connectivity index (χ4v) is 12.9. The van der Waals surface area contributed by atoms with E-state index in [1.807, 2.05) is 6.08 Å². The van der Waals surface area contributed by atoms with E-state index in [-0.39, 0.29) is 18.5 Å². The molecule has 0 saturated carbocycles. The third-order valence-corrected chi connectivity index (χ3v) is 19.3. The minimum atomic E-state index is -0.845. The normalized spacial score (nSPS) is 12.8. The summed E-state index contributed by atoms with van der Waals surface area (Å²) in [6, 6.07) is -0.628. The van der Waals surface area contributed by atoms with Crippen LogP contribution in [0, 0.1) is 0 Å². The van der Waals surface area contributed by atoms with Gasteiger partial charge in [-0.15, -0.1) is 0 Å². The molecule has 2 unspecified atom stereocenters. The number of allylic oxidation sites excluding steroid dienone is 9. The molecule has 2 atom stereocenters. The second kappa shape index (κ2) is 81.0. The first-order valence-corrected chi connectivity index (χ1v) is 41.6. The van der Waals surface area contributed by atoms with Crippen molar-refractivity contribution in [3.05, 3.63) is 60.8 Å². The molecular formula is C86H161NO5.